The molecule has 0 saturated heterocycles. The van der Waals surface area contributed by atoms with Crippen molar-refractivity contribution in [1.29, 1.82) is 0 Å². The zero-order chi connectivity index (χ0) is 19.5. The van der Waals surface area contributed by atoms with E-state index in [1.165, 1.54) is 25.2 Å². The molecule has 0 spiro atoms. The normalized spacial score (nSPS) is 11.4. The number of carbonyl (C=O) groups is 2. The average Bonchev–Trinajstić information content (AvgIpc) is 2.91. The van der Waals surface area contributed by atoms with Crippen molar-refractivity contribution >= 4 is 56.4 Å². The highest BCUT2D eigenvalue weighted by molar-refractivity contribution is 7.89. The second kappa shape index (κ2) is 8.36. The number of amides is 2. The van der Waals surface area contributed by atoms with Gasteiger partial charge < -0.3 is 0 Å². The Kier molecular flexibility index (Phi) is 6.64. The smallest absolute Gasteiger partial charge is 0.272 e. The van der Waals surface area contributed by atoms with Crippen molar-refractivity contribution in [2.45, 2.75) is 11.8 Å². The molecular weight excluding hydrogens is 421 g/mol. The van der Waals surface area contributed by atoms with Gasteiger partial charge >= 0.3 is 0 Å². The van der Waals surface area contributed by atoms with Crippen molar-refractivity contribution in [3.63, 3.8) is 0 Å². The van der Waals surface area contributed by atoms with E-state index in [0.29, 0.717) is 4.34 Å². The van der Waals surface area contributed by atoms with Crippen LogP contribution in [0.15, 0.2) is 35.2 Å². The van der Waals surface area contributed by atoms with Gasteiger partial charge in [-0.2, -0.15) is 4.31 Å². The number of likely N-dealkylation sites (N-methyl/N-ethyl adjacent to an activating group) is 1. The molecule has 11 heteroatoms. The minimum absolute atomic E-state index is 0.0714. The first-order valence-electron chi connectivity index (χ1n) is 7.18. The number of hydrogen-bond donors (Lipinski definition) is 2. The van der Waals surface area contributed by atoms with Gasteiger partial charge in [-0.05, 0) is 25.1 Å². The van der Waals surface area contributed by atoms with Gasteiger partial charge in [-0.15, -0.1) is 11.3 Å². The summed E-state index contributed by atoms with van der Waals surface area (Å²) >= 11 is 12.6. The number of hydrogen-bond acceptors (Lipinski definition) is 5. The zero-order valence-corrected chi connectivity index (χ0v) is 16.9. The van der Waals surface area contributed by atoms with Crippen LogP contribution in [0.1, 0.15) is 15.9 Å². The van der Waals surface area contributed by atoms with Gasteiger partial charge in [-0.3, -0.25) is 20.4 Å². The topological polar surface area (TPSA) is 95.6 Å². The Balaban J connectivity index is 1.95. The molecule has 0 aliphatic rings. The van der Waals surface area contributed by atoms with Crippen LogP contribution < -0.4 is 10.9 Å². The highest BCUT2D eigenvalue weighted by Crippen LogP contribution is 2.30. The molecule has 0 aliphatic heterocycles. The van der Waals surface area contributed by atoms with Crippen molar-refractivity contribution in [2.24, 2.45) is 0 Å². The molecule has 0 aliphatic carbocycles. The van der Waals surface area contributed by atoms with E-state index in [1.807, 2.05) is 6.92 Å². The van der Waals surface area contributed by atoms with Gasteiger partial charge in [0.2, 0.25) is 10.0 Å². The first-order chi connectivity index (χ1) is 12.1. The standard InChI is InChI=1S/C15H15Cl2N3O4S2/c1-9-3-5-10(6-4-9)26(23,24)20(2)8-13(21)18-19-15(22)11-7-12(16)25-14(11)17/h3-7H,8H2,1-2H3,(H,18,21)(H,19,22). The van der Waals surface area contributed by atoms with Crippen LogP contribution in [0.5, 0.6) is 0 Å². The summed E-state index contributed by atoms with van der Waals surface area (Å²) in [5, 5.41) is 0. The molecule has 0 unspecified atom stereocenters. The molecule has 0 radical (unpaired) electrons. The van der Waals surface area contributed by atoms with Gasteiger partial charge in [0.1, 0.15) is 4.34 Å². The fourth-order valence-corrected chi connectivity index (χ4v) is 4.49. The van der Waals surface area contributed by atoms with Crippen LogP contribution in [-0.2, 0) is 14.8 Å². The minimum atomic E-state index is -3.82. The summed E-state index contributed by atoms with van der Waals surface area (Å²) in [5.41, 5.74) is 5.33. The molecule has 0 bridgehead atoms. The molecule has 2 rings (SSSR count). The lowest BCUT2D eigenvalue weighted by Crippen LogP contribution is -2.46. The Morgan fingerprint density at radius 3 is 2.31 bits per heavy atom. The minimum Gasteiger partial charge on any atom is -0.272 e. The number of sulfonamides is 1. The van der Waals surface area contributed by atoms with E-state index in [9.17, 15) is 18.0 Å². The highest BCUT2D eigenvalue weighted by atomic mass is 35.5. The maximum absolute atomic E-state index is 12.4. The molecule has 140 valence electrons. The molecule has 0 atom stereocenters. The van der Waals surface area contributed by atoms with Gasteiger partial charge in [0.25, 0.3) is 11.8 Å². The fourth-order valence-electron chi connectivity index (χ4n) is 1.91. The Morgan fingerprint density at radius 2 is 1.77 bits per heavy atom. The number of benzene rings is 1. The summed E-state index contributed by atoms with van der Waals surface area (Å²) in [6.07, 6.45) is 0. The van der Waals surface area contributed by atoms with Crippen LogP contribution in [0.2, 0.25) is 8.67 Å². The van der Waals surface area contributed by atoms with E-state index >= 15 is 0 Å². The molecule has 0 fully saturated rings. The second-order valence-corrected chi connectivity index (χ2v) is 9.64. The van der Waals surface area contributed by atoms with Crippen LogP contribution in [0, 0.1) is 6.92 Å². The zero-order valence-electron chi connectivity index (χ0n) is 13.7. The number of halogens is 2. The third-order valence-corrected chi connectivity index (χ3v) is 6.62. The number of hydrazine groups is 1. The summed E-state index contributed by atoms with van der Waals surface area (Å²) in [7, 11) is -2.55. The lowest BCUT2D eigenvalue weighted by molar-refractivity contribution is -0.121. The maximum Gasteiger partial charge on any atom is 0.272 e. The highest BCUT2D eigenvalue weighted by Gasteiger charge is 2.23. The average molecular weight is 436 g/mol. The summed E-state index contributed by atoms with van der Waals surface area (Å²) < 4.78 is 26.2. The van der Waals surface area contributed by atoms with Gasteiger partial charge in [-0.25, -0.2) is 8.42 Å². The Labute approximate surface area is 164 Å². The predicted octanol–water partition coefficient (Wildman–Crippen LogP) is 2.45. The van der Waals surface area contributed by atoms with Gasteiger partial charge in [-0.1, -0.05) is 40.9 Å². The van der Waals surface area contributed by atoms with Crippen LogP contribution in [0.4, 0.5) is 0 Å². The van der Waals surface area contributed by atoms with E-state index < -0.39 is 28.4 Å². The van der Waals surface area contributed by atoms with Crippen LogP contribution >= 0.6 is 34.5 Å². The predicted molar refractivity (Wildman–Crippen MR) is 101 cm³/mol. The molecule has 26 heavy (non-hydrogen) atoms. The summed E-state index contributed by atoms with van der Waals surface area (Å²) in [4.78, 5) is 23.9. The molecule has 2 aromatic rings. The fraction of sp³-hybridized carbons (Fsp3) is 0.200. The SMILES string of the molecule is Cc1ccc(S(=O)(=O)N(C)CC(=O)NNC(=O)c2cc(Cl)sc2Cl)cc1. The summed E-state index contributed by atoms with van der Waals surface area (Å²) in [6, 6.07) is 7.61. The number of thiophene rings is 1. The van der Waals surface area contributed by atoms with Crippen molar-refractivity contribution in [3.05, 3.63) is 50.1 Å². The largest absolute Gasteiger partial charge is 0.272 e. The van der Waals surface area contributed by atoms with E-state index in [4.69, 9.17) is 23.2 Å². The van der Waals surface area contributed by atoms with E-state index in [1.54, 1.807) is 12.1 Å². The quantitative estimate of drug-likeness (QED) is 0.704. The van der Waals surface area contributed by atoms with E-state index in [-0.39, 0.29) is 14.8 Å². The Morgan fingerprint density at radius 1 is 1.15 bits per heavy atom. The van der Waals surface area contributed by atoms with Crippen molar-refractivity contribution < 1.29 is 18.0 Å². The third kappa shape index (κ3) is 4.95. The molecule has 1 aromatic carbocycles. The van der Waals surface area contributed by atoms with E-state index in [0.717, 1.165) is 21.2 Å². The van der Waals surface area contributed by atoms with Crippen molar-refractivity contribution in [1.82, 2.24) is 15.2 Å². The van der Waals surface area contributed by atoms with Crippen LogP contribution in [0.3, 0.4) is 0 Å². The number of aryl methyl sites for hydroxylation is 1. The molecule has 7 nitrogen and oxygen atoms in total. The number of carbonyl (C=O) groups excluding carboxylic acids is 2. The molecule has 2 amide bonds. The first kappa shape index (κ1) is 20.7. The number of nitrogens with zero attached hydrogens (tertiary/aromatic N) is 1. The Bertz CT molecular complexity index is 927. The molecule has 1 aromatic heterocycles. The monoisotopic (exact) mass is 435 g/mol. The van der Waals surface area contributed by atoms with E-state index in [2.05, 4.69) is 10.9 Å². The van der Waals surface area contributed by atoms with Gasteiger partial charge in [0.15, 0.2) is 0 Å². The number of nitrogens with one attached hydrogen (secondary N) is 2. The number of rotatable bonds is 5. The summed E-state index contributed by atoms with van der Waals surface area (Å²) in [5.74, 6) is -1.37. The van der Waals surface area contributed by atoms with Crippen molar-refractivity contribution in [3.8, 4) is 0 Å². The van der Waals surface area contributed by atoms with Crippen LogP contribution in [0.25, 0.3) is 0 Å². The lowest BCUT2D eigenvalue weighted by Gasteiger charge is -2.17. The second-order valence-electron chi connectivity index (χ2n) is 5.31. The maximum atomic E-state index is 12.4. The lowest BCUT2D eigenvalue weighted by atomic mass is 10.2. The van der Waals surface area contributed by atoms with Crippen molar-refractivity contribution in [2.75, 3.05) is 13.6 Å². The van der Waals surface area contributed by atoms with Gasteiger partial charge in [0, 0.05) is 7.05 Å². The Hall–Kier alpha value is -1.65. The third-order valence-electron chi connectivity index (χ3n) is 3.31. The molecular formula is C15H15Cl2N3O4S2. The molecule has 0 saturated carbocycles. The molecule has 2 N–H and O–H groups in total. The molecule has 1 heterocycles. The first-order valence-corrected chi connectivity index (χ1v) is 10.2. The van der Waals surface area contributed by atoms with Crippen LogP contribution in [-0.4, -0.2) is 38.1 Å². The summed E-state index contributed by atoms with van der Waals surface area (Å²) in [6.45, 7) is 1.36. The van der Waals surface area contributed by atoms with Gasteiger partial charge in [0.05, 0.1) is 21.3 Å².